The first kappa shape index (κ1) is 15.0. The number of benzene rings is 1. The number of nitrogens with zero attached hydrogens (tertiary/aromatic N) is 1. The Morgan fingerprint density at radius 2 is 1.28 bits per heavy atom. The number of hydrogen-bond acceptors (Lipinski definition) is 1. The van der Waals surface area contributed by atoms with Gasteiger partial charge in [-0.05, 0) is 45.2 Å². The predicted molar refractivity (Wildman–Crippen MR) is 89.0 cm³/mol. The van der Waals surface area contributed by atoms with Crippen molar-refractivity contribution >= 4 is 22.2 Å². The van der Waals surface area contributed by atoms with Gasteiger partial charge in [0.25, 0.3) is 0 Å². The van der Waals surface area contributed by atoms with Gasteiger partial charge in [-0.3, -0.25) is 0 Å². The third-order valence-corrected chi connectivity index (χ3v) is 11.7. The highest BCUT2D eigenvalue weighted by Gasteiger charge is 2.37. The Kier molecular flexibility index (Phi) is 4.40. The van der Waals surface area contributed by atoms with E-state index in [-0.39, 0.29) is 0 Å². The summed E-state index contributed by atoms with van der Waals surface area (Å²) in [5, 5.41) is 0. The van der Waals surface area contributed by atoms with E-state index in [1.165, 1.54) is 11.3 Å². The lowest BCUT2D eigenvalue weighted by Crippen LogP contribution is -2.61. The molecule has 0 saturated carbocycles. The highest BCUT2D eigenvalue weighted by Crippen LogP contribution is 2.29. The summed E-state index contributed by atoms with van der Waals surface area (Å²) in [6.45, 7) is 19.6. The van der Waals surface area contributed by atoms with Crippen molar-refractivity contribution in [1.29, 1.82) is 0 Å². The van der Waals surface area contributed by atoms with Gasteiger partial charge in [0, 0.05) is 5.69 Å². The van der Waals surface area contributed by atoms with Crippen molar-refractivity contribution in [2.45, 2.75) is 33.1 Å². The predicted octanol–water partition coefficient (Wildman–Crippen LogP) is 4.66. The van der Waals surface area contributed by atoms with E-state index in [2.05, 4.69) is 86.2 Å². The summed E-state index contributed by atoms with van der Waals surface area (Å²) >= 11 is 0. The van der Waals surface area contributed by atoms with Crippen LogP contribution in [0.25, 0.3) is 0 Å². The molecule has 0 heterocycles. The van der Waals surface area contributed by atoms with Crippen LogP contribution in [0.15, 0.2) is 48.8 Å². The molecular formula is C15H25NSi2. The van der Waals surface area contributed by atoms with E-state index in [1.807, 2.05) is 0 Å². The minimum atomic E-state index is -1.63. The van der Waals surface area contributed by atoms with Crippen LogP contribution in [-0.4, -0.2) is 16.5 Å². The Bertz CT molecular complexity index is 412. The summed E-state index contributed by atoms with van der Waals surface area (Å²) in [6.07, 6.45) is 0. The minimum Gasteiger partial charge on any atom is -0.418 e. The van der Waals surface area contributed by atoms with Gasteiger partial charge in [-0.15, -0.1) is 13.2 Å². The van der Waals surface area contributed by atoms with Gasteiger partial charge in [-0.2, -0.15) is 0 Å². The summed E-state index contributed by atoms with van der Waals surface area (Å²) in [6, 6.07) is 8.82. The molecule has 0 radical (unpaired) electrons. The van der Waals surface area contributed by atoms with Crippen molar-refractivity contribution in [2.24, 2.45) is 0 Å². The van der Waals surface area contributed by atoms with Crippen LogP contribution in [0.2, 0.25) is 26.2 Å². The second-order valence-corrected chi connectivity index (χ2v) is 14.7. The van der Waals surface area contributed by atoms with Crippen LogP contribution in [0.5, 0.6) is 0 Å². The Labute approximate surface area is 114 Å². The van der Waals surface area contributed by atoms with Gasteiger partial charge >= 0.3 is 0 Å². The fourth-order valence-electron chi connectivity index (χ4n) is 2.28. The first-order valence-electron chi connectivity index (χ1n) is 6.39. The second-order valence-electron chi connectivity index (χ2n) is 5.89. The maximum Gasteiger partial charge on any atom is 0.166 e. The molecule has 0 aromatic heterocycles. The minimum absolute atomic E-state index is 1.30. The van der Waals surface area contributed by atoms with Crippen LogP contribution in [0.4, 0.5) is 5.69 Å². The zero-order valence-electron chi connectivity index (χ0n) is 12.3. The number of rotatable bonds is 5. The molecule has 0 unspecified atom stereocenters. The van der Waals surface area contributed by atoms with Crippen LogP contribution >= 0.6 is 0 Å². The molecule has 0 saturated heterocycles. The summed E-state index contributed by atoms with van der Waals surface area (Å²) in [7, 11) is -3.27. The third kappa shape index (κ3) is 3.03. The molecule has 0 aliphatic rings. The van der Waals surface area contributed by atoms with Crippen LogP contribution in [0, 0.1) is 6.92 Å². The third-order valence-electron chi connectivity index (χ3n) is 3.44. The normalized spacial score (nSPS) is 12.1. The summed E-state index contributed by atoms with van der Waals surface area (Å²) in [4.78, 5) is 0. The van der Waals surface area contributed by atoms with Crippen molar-refractivity contribution in [3.05, 3.63) is 54.4 Å². The van der Waals surface area contributed by atoms with E-state index >= 15 is 0 Å². The second kappa shape index (κ2) is 5.28. The van der Waals surface area contributed by atoms with Crippen LogP contribution < -0.4 is 4.23 Å². The van der Waals surface area contributed by atoms with Crippen molar-refractivity contribution in [3.8, 4) is 0 Å². The average molecular weight is 276 g/mol. The van der Waals surface area contributed by atoms with E-state index in [0.29, 0.717) is 0 Å². The molecule has 3 heteroatoms. The molecule has 18 heavy (non-hydrogen) atoms. The lowest BCUT2D eigenvalue weighted by atomic mass is 10.2. The zero-order valence-corrected chi connectivity index (χ0v) is 14.3. The van der Waals surface area contributed by atoms with Crippen LogP contribution in [0.3, 0.4) is 0 Å². The van der Waals surface area contributed by atoms with E-state index in [9.17, 15) is 0 Å². The van der Waals surface area contributed by atoms with Gasteiger partial charge in [0.15, 0.2) is 16.5 Å². The highest BCUT2D eigenvalue weighted by atomic mass is 28.4. The van der Waals surface area contributed by atoms with Gasteiger partial charge in [-0.25, -0.2) is 0 Å². The van der Waals surface area contributed by atoms with Crippen molar-refractivity contribution in [2.75, 3.05) is 4.23 Å². The fourth-order valence-corrected chi connectivity index (χ4v) is 10.8. The fraction of sp³-hybridized carbons (Fsp3) is 0.333. The maximum absolute atomic E-state index is 4.05. The Hall–Kier alpha value is -1.07. The Morgan fingerprint density at radius 3 is 1.61 bits per heavy atom. The SMILES string of the molecule is C=C[Si](C)(C)N(c1ccc(C)cc1)[Si](C)(C)C=C. The largest absolute Gasteiger partial charge is 0.418 e. The van der Waals surface area contributed by atoms with Gasteiger partial charge in [0.05, 0.1) is 0 Å². The molecule has 98 valence electrons. The first-order valence-corrected chi connectivity index (χ1v) is 12.4. The van der Waals surface area contributed by atoms with Crippen LogP contribution in [-0.2, 0) is 0 Å². The van der Waals surface area contributed by atoms with Crippen molar-refractivity contribution in [3.63, 3.8) is 0 Å². The first-order chi connectivity index (χ1) is 8.24. The molecule has 1 aromatic carbocycles. The van der Waals surface area contributed by atoms with Gasteiger partial charge in [0.1, 0.15) is 0 Å². The molecule has 0 amide bonds. The molecule has 0 bridgehead atoms. The topological polar surface area (TPSA) is 3.24 Å². The number of anilines is 1. The van der Waals surface area contributed by atoms with Crippen LogP contribution in [0.1, 0.15) is 5.56 Å². The van der Waals surface area contributed by atoms with E-state index in [4.69, 9.17) is 0 Å². The molecule has 1 aromatic rings. The molecule has 0 aliphatic carbocycles. The number of aryl methyl sites for hydroxylation is 1. The van der Waals surface area contributed by atoms with E-state index in [1.54, 1.807) is 0 Å². The summed E-state index contributed by atoms with van der Waals surface area (Å²) in [5.41, 5.74) is 6.93. The molecular weight excluding hydrogens is 250 g/mol. The molecule has 1 rings (SSSR count). The molecule has 0 fully saturated rings. The number of hydrogen-bond donors (Lipinski definition) is 0. The monoisotopic (exact) mass is 275 g/mol. The highest BCUT2D eigenvalue weighted by molar-refractivity contribution is 7.04. The molecule has 1 nitrogen and oxygen atoms in total. The van der Waals surface area contributed by atoms with Gasteiger partial charge in [-0.1, -0.05) is 29.1 Å². The average Bonchev–Trinajstić information content (AvgIpc) is 2.31. The molecule has 0 spiro atoms. The molecule has 0 aliphatic heterocycles. The zero-order chi connectivity index (χ0) is 14.0. The van der Waals surface area contributed by atoms with Gasteiger partial charge in [0.2, 0.25) is 0 Å². The summed E-state index contributed by atoms with van der Waals surface area (Å²) in [5.74, 6) is 0. The molecule has 0 N–H and O–H groups in total. The lowest BCUT2D eigenvalue weighted by molar-refractivity contribution is 1.37. The maximum atomic E-state index is 4.05. The smallest absolute Gasteiger partial charge is 0.166 e. The standard InChI is InChI=1S/C15H25NSi2/c1-8-17(4,5)16(18(6,7)9-2)15-12-10-14(3)11-13-15/h8-13H,1-2H2,3-7H3. The summed E-state index contributed by atoms with van der Waals surface area (Å²) < 4.78 is 2.62. The Morgan fingerprint density at radius 1 is 0.889 bits per heavy atom. The van der Waals surface area contributed by atoms with Crippen molar-refractivity contribution < 1.29 is 0 Å². The lowest BCUT2D eigenvalue weighted by Gasteiger charge is -2.46. The molecule has 0 atom stereocenters. The van der Waals surface area contributed by atoms with E-state index in [0.717, 1.165) is 0 Å². The van der Waals surface area contributed by atoms with Gasteiger partial charge < -0.3 is 4.23 Å². The Balaban J connectivity index is 3.34. The van der Waals surface area contributed by atoms with E-state index < -0.39 is 16.5 Å². The quantitative estimate of drug-likeness (QED) is 0.706. The van der Waals surface area contributed by atoms with Crippen molar-refractivity contribution in [1.82, 2.24) is 0 Å².